The van der Waals surface area contributed by atoms with Gasteiger partial charge < -0.3 is 9.47 Å². The molecule has 1 aromatic carbocycles. The summed E-state index contributed by atoms with van der Waals surface area (Å²) in [4.78, 5) is 3.64. The number of pyridine rings is 1. The van der Waals surface area contributed by atoms with Gasteiger partial charge in [-0.1, -0.05) is 18.2 Å². The summed E-state index contributed by atoms with van der Waals surface area (Å²) in [5.74, 6) is 0. The zero-order chi connectivity index (χ0) is 13.5. The molecule has 0 radical (unpaired) electrons. The van der Waals surface area contributed by atoms with Gasteiger partial charge in [-0.2, -0.15) is 13.2 Å². The molecule has 0 bridgehead atoms. The SMILES string of the molecule is FC(F)(F)c1cc(C2OCCO2)c2ccccc2n1. The van der Waals surface area contributed by atoms with E-state index in [4.69, 9.17) is 9.47 Å². The summed E-state index contributed by atoms with van der Waals surface area (Å²) >= 11 is 0. The minimum absolute atomic E-state index is 0.284. The number of aromatic nitrogens is 1. The molecule has 1 saturated heterocycles. The smallest absolute Gasteiger partial charge is 0.346 e. The Hall–Kier alpha value is -1.66. The van der Waals surface area contributed by atoms with Crippen LogP contribution in [-0.2, 0) is 15.7 Å². The molecule has 0 atom stereocenters. The third-order valence-electron chi connectivity index (χ3n) is 2.91. The Bertz CT molecular complexity index is 606. The van der Waals surface area contributed by atoms with E-state index in [1.54, 1.807) is 24.3 Å². The molecular formula is C13H10F3NO2. The van der Waals surface area contributed by atoms with E-state index >= 15 is 0 Å². The zero-order valence-corrected chi connectivity index (χ0v) is 9.78. The van der Waals surface area contributed by atoms with Crippen molar-refractivity contribution in [2.45, 2.75) is 12.5 Å². The van der Waals surface area contributed by atoms with Crippen molar-refractivity contribution in [2.75, 3.05) is 13.2 Å². The van der Waals surface area contributed by atoms with Crippen molar-refractivity contribution in [2.24, 2.45) is 0 Å². The van der Waals surface area contributed by atoms with Crippen molar-refractivity contribution in [3.05, 3.63) is 41.6 Å². The second-order valence-corrected chi connectivity index (χ2v) is 4.19. The molecule has 0 saturated carbocycles. The molecule has 0 N–H and O–H groups in total. The van der Waals surface area contributed by atoms with Crippen molar-refractivity contribution in [1.29, 1.82) is 0 Å². The van der Waals surface area contributed by atoms with Gasteiger partial charge in [-0.25, -0.2) is 4.98 Å². The Morgan fingerprint density at radius 2 is 1.79 bits per heavy atom. The molecule has 0 aliphatic carbocycles. The van der Waals surface area contributed by atoms with E-state index in [9.17, 15) is 13.2 Å². The number of benzene rings is 1. The van der Waals surface area contributed by atoms with Gasteiger partial charge in [0.2, 0.25) is 0 Å². The molecule has 3 nitrogen and oxygen atoms in total. The van der Waals surface area contributed by atoms with Crippen LogP contribution in [0.3, 0.4) is 0 Å². The molecule has 0 unspecified atom stereocenters. The number of rotatable bonds is 1. The highest BCUT2D eigenvalue weighted by Gasteiger charge is 2.34. The molecule has 19 heavy (non-hydrogen) atoms. The Morgan fingerprint density at radius 3 is 2.47 bits per heavy atom. The molecule has 3 rings (SSSR count). The van der Waals surface area contributed by atoms with E-state index in [0.29, 0.717) is 24.2 Å². The average molecular weight is 269 g/mol. The largest absolute Gasteiger partial charge is 0.433 e. The lowest BCUT2D eigenvalue weighted by molar-refractivity contribution is -0.141. The summed E-state index contributed by atoms with van der Waals surface area (Å²) in [5.41, 5.74) is -0.276. The van der Waals surface area contributed by atoms with E-state index in [-0.39, 0.29) is 5.52 Å². The van der Waals surface area contributed by atoms with Gasteiger partial charge in [0.15, 0.2) is 6.29 Å². The number of alkyl halides is 3. The minimum Gasteiger partial charge on any atom is -0.346 e. The molecule has 1 aromatic heterocycles. The molecule has 2 heterocycles. The first-order valence-electron chi connectivity index (χ1n) is 5.76. The fourth-order valence-electron chi connectivity index (χ4n) is 2.08. The lowest BCUT2D eigenvalue weighted by Crippen LogP contribution is -2.11. The van der Waals surface area contributed by atoms with Crippen LogP contribution < -0.4 is 0 Å². The third-order valence-corrected chi connectivity index (χ3v) is 2.91. The molecule has 1 aliphatic heterocycles. The second-order valence-electron chi connectivity index (χ2n) is 4.19. The van der Waals surface area contributed by atoms with Crippen LogP contribution >= 0.6 is 0 Å². The predicted molar refractivity (Wildman–Crippen MR) is 61.4 cm³/mol. The predicted octanol–water partition coefficient (Wildman–Crippen LogP) is 3.30. The third kappa shape index (κ3) is 2.29. The molecule has 1 fully saturated rings. The standard InChI is InChI=1S/C13H10F3NO2/c14-13(15,16)11-7-9(12-18-5-6-19-12)8-3-1-2-4-10(8)17-11/h1-4,7,12H,5-6H2. The van der Waals surface area contributed by atoms with Crippen molar-refractivity contribution >= 4 is 10.9 Å². The summed E-state index contributed by atoms with van der Waals surface area (Å²) in [7, 11) is 0. The highest BCUT2D eigenvalue weighted by molar-refractivity contribution is 5.82. The number of halogens is 3. The van der Waals surface area contributed by atoms with Crippen molar-refractivity contribution in [1.82, 2.24) is 4.98 Å². The van der Waals surface area contributed by atoms with Crippen LogP contribution in [-0.4, -0.2) is 18.2 Å². The van der Waals surface area contributed by atoms with Crippen LogP contribution in [0.15, 0.2) is 30.3 Å². The first kappa shape index (κ1) is 12.4. The Kier molecular flexibility index (Phi) is 2.91. The Labute approximate surface area is 107 Å². The number of hydrogen-bond donors (Lipinski definition) is 0. The maximum atomic E-state index is 12.8. The highest BCUT2D eigenvalue weighted by atomic mass is 19.4. The quantitative estimate of drug-likeness (QED) is 0.796. The summed E-state index contributed by atoms with van der Waals surface area (Å²) in [6.45, 7) is 0.755. The Balaban J connectivity index is 2.21. The summed E-state index contributed by atoms with van der Waals surface area (Å²) < 4.78 is 49.1. The van der Waals surface area contributed by atoms with Gasteiger partial charge in [0.1, 0.15) is 5.69 Å². The molecule has 0 spiro atoms. The lowest BCUT2D eigenvalue weighted by Gasteiger charge is -2.15. The molecule has 6 heteroatoms. The van der Waals surface area contributed by atoms with Gasteiger partial charge in [0.25, 0.3) is 0 Å². The first-order chi connectivity index (χ1) is 9.05. The monoisotopic (exact) mass is 269 g/mol. The van der Waals surface area contributed by atoms with E-state index in [2.05, 4.69) is 4.98 Å². The Morgan fingerprint density at radius 1 is 1.11 bits per heavy atom. The van der Waals surface area contributed by atoms with Crippen LogP contribution in [0.4, 0.5) is 13.2 Å². The average Bonchev–Trinajstić information content (AvgIpc) is 2.90. The molecule has 1 aliphatic rings. The van der Waals surface area contributed by atoms with E-state index in [1.165, 1.54) is 0 Å². The van der Waals surface area contributed by atoms with Crippen LogP contribution in [0.1, 0.15) is 17.5 Å². The van der Waals surface area contributed by atoms with E-state index in [0.717, 1.165) is 6.07 Å². The number of hydrogen-bond acceptors (Lipinski definition) is 3. The number of fused-ring (bicyclic) bond motifs is 1. The van der Waals surface area contributed by atoms with E-state index in [1.807, 2.05) is 0 Å². The maximum absolute atomic E-state index is 12.8. The summed E-state index contributed by atoms with van der Waals surface area (Å²) in [6, 6.07) is 7.65. The molecule has 2 aromatic rings. The van der Waals surface area contributed by atoms with Crippen LogP contribution in [0.2, 0.25) is 0 Å². The van der Waals surface area contributed by atoms with Crippen molar-refractivity contribution < 1.29 is 22.6 Å². The highest BCUT2D eigenvalue weighted by Crippen LogP contribution is 2.35. The minimum atomic E-state index is -4.49. The molecule has 0 amide bonds. The van der Waals surface area contributed by atoms with Crippen LogP contribution in [0.25, 0.3) is 10.9 Å². The molecular weight excluding hydrogens is 259 g/mol. The van der Waals surface area contributed by atoms with Crippen LogP contribution in [0.5, 0.6) is 0 Å². The lowest BCUT2D eigenvalue weighted by atomic mass is 10.1. The van der Waals surface area contributed by atoms with Crippen molar-refractivity contribution in [3.63, 3.8) is 0 Å². The number of para-hydroxylation sites is 1. The summed E-state index contributed by atoms with van der Waals surface area (Å²) in [6.07, 6.45) is -5.24. The van der Waals surface area contributed by atoms with Crippen molar-refractivity contribution in [3.8, 4) is 0 Å². The maximum Gasteiger partial charge on any atom is 0.433 e. The van der Waals surface area contributed by atoms with Gasteiger partial charge in [-0.05, 0) is 12.1 Å². The van der Waals surface area contributed by atoms with Gasteiger partial charge in [0, 0.05) is 10.9 Å². The first-order valence-corrected chi connectivity index (χ1v) is 5.76. The van der Waals surface area contributed by atoms with Crippen LogP contribution in [0, 0.1) is 0 Å². The topological polar surface area (TPSA) is 31.4 Å². The van der Waals surface area contributed by atoms with Gasteiger partial charge in [-0.15, -0.1) is 0 Å². The van der Waals surface area contributed by atoms with Gasteiger partial charge >= 0.3 is 6.18 Å². The number of nitrogens with zero attached hydrogens (tertiary/aromatic N) is 1. The fraction of sp³-hybridized carbons (Fsp3) is 0.308. The van der Waals surface area contributed by atoms with E-state index < -0.39 is 18.2 Å². The second kappa shape index (κ2) is 4.47. The summed E-state index contributed by atoms with van der Waals surface area (Å²) in [5, 5.41) is 0.613. The zero-order valence-electron chi connectivity index (χ0n) is 9.78. The molecule has 100 valence electrons. The number of ether oxygens (including phenoxy) is 2. The van der Waals surface area contributed by atoms with Gasteiger partial charge in [0.05, 0.1) is 18.7 Å². The fourth-order valence-corrected chi connectivity index (χ4v) is 2.08. The van der Waals surface area contributed by atoms with Gasteiger partial charge in [-0.3, -0.25) is 0 Å². The normalized spacial score (nSPS) is 17.2.